The molecule has 3 rings (SSSR count). The lowest BCUT2D eigenvalue weighted by Crippen LogP contribution is -2.52. The predicted molar refractivity (Wildman–Crippen MR) is 172 cm³/mol. The molecule has 0 aliphatic carbocycles. The van der Waals surface area contributed by atoms with Gasteiger partial charge in [0.2, 0.25) is 11.8 Å². The molecule has 3 atom stereocenters. The van der Waals surface area contributed by atoms with Crippen LogP contribution in [-0.4, -0.2) is 65.6 Å². The fraction of sp³-hybridized carbons (Fsp3) is 0.500. The zero-order chi connectivity index (χ0) is 33.0. The van der Waals surface area contributed by atoms with E-state index in [2.05, 4.69) is 22.9 Å². The highest BCUT2D eigenvalue weighted by Gasteiger charge is 2.42. The number of carbonyl (C=O) groups is 4. The molecule has 0 aromatic heterocycles. The van der Waals surface area contributed by atoms with Crippen molar-refractivity contribution in [3.05, 3.63) is 71.3 Å². The summed E-state index contributed by atoms with van der Waals surface area (Å²) in [5.74, 6) is -0.927. The van der Waals surface area contributed by atoms with E-state index in [9.17, 15) is 19.2 Å². The molecule has 1 fully saturated rings. The number of carbonyl (C=O) groups excluding carboxylic acids is 4. The van der Waals surface area contributed by atoms with Crippen LogP contribution in [0.5, 0.6) is 0 Å². The molecular weight excluding hydrogens is 574 g/mol. The van der Waals surface area contributed by atoms with Gasteiger partial charge in [0.05, 0.1) is 6.61 Å². The smallest absolute Gasteiger partial charge is 0.412 e. The van der Waals surface area contributed by atoms with Crippen molar-refractivity contribution < 1.29 is 28.7 Å². The molecule has 1 saturated heterocycles. The Morgan fingerprint density at radius 3 is 2.33 bits per heavy atom. The minimum absolute atomic E-state index is 0.0422. The molecule has 2 aromatic rings. The second-order valence-corrected chi connectivity index (χ2v) is 12.3. The second kappa shape index (κ2) is 16.6. The number of alkyl carbamates (subject to hydrolysis) is 1. The molecule has 4 amide bonds. The van der Waals surface area contributed by atoms with E-state index in [-0.39, 0.29) is 24.2 Å². The highest BCUT2D eigenvalue weighted by atomic mass is 16.6. The van der Waals surface area contributed by atoms with Gasteiger partial charge >= 0.3 is 12.2 Å². The summed E-state index contributed by atoms with van der Waals surface area (Å²) in [4.78, 5) is 52.7. The van der Waals surface area contributed by atoms with Crippen molar-refractivity contribution in [3.63, 3.8) is 0 Å². The number of likely N-dealkylation sites (tertiary alicyclic amines) is 1. The molecule has 0 unspecified atom stereocenters. The van der Waals surface area contributed by atoms with E-state index in [1.165, 1.54) is 4.90 Å². The second-order valence-electron chi connectivity index (χ2n) is 12.3. The molecule has 1 heterocycles. The van der Waals surface area contributed by atoms with Gasteiger partial charge in [0.1, 0.15) is 23.5 Å². The lowest BCUT2D eigenvalue weighted by Gasteiger charge is -2.28. The largest absolute Gasteiger partial charge is 0.449 e. The molecule has 0 bridgehead atoms. The van der Waals surface area contributed by atoms with Crippen LogP contribution < -0.4 is 16.0 Å². The topological polar surface area (TPSA) is 150 Å². The monoisotopic (exact) mass is 621 g/mol. The average Bonchev–Trinajstić information content (AvgIpc) is 3.46. The summed E-state index contributed by atoms with van der Waals surface area (Å²) >= 11 is 0. The molecule has 4 N–H and O–H groups in total. The zero-order valence-corrected chi connectivity index (χ0v) is 27.0. The van der Waals surface area contributed by atoms with Gasteiger partial charge in [-0.2, -0.15) is 0 Å². The first-order valence-corrected chi connectivity index (χ1v) is 15.6. The molecule has 11 heteroatoms. The molecule has 0 radical (unpaired) electrons. The van der Waals surface area contributed by atoms with Crippen LogP contribution in [-0.2, 0) is 25.6 Å². The standard InChI is InChI=1S/C34H47N5O6/c1-6-7-8-12-19-44-32(42)38-29(35)26-17-15-24(16-18-26)21-36-30(40)23(2)37-31(41)28-20-27(25-13-10-9-11-14-25)22-39(28)33(43)45-34(3,4)5/h9-11,13-18,23,27-28H,6-8,12,19-22H2,1-5H3,(H,36,40)(H,37,41)(H2,35,38,42)/t23-,27-,28+/m0/s1. The van der Waals surface area contributed by atoms with Crippen LogP contribution in [0, 0.1) is 5.41 Å². The van der Waals surface area contributed by atoms with Gasteiger partial charge in [-0.1, -0.05) is 80.8 Å². The SMILES string of the molecule is CCCCCCOC(=O)NC(=N)c1ccc(CNC(=O)[C@H](C)NC(=O)[C@H]2C[C@H](c3ccccc3)CN2C(=O)OC(C)(C)C)cc1. The Kier molecular flexibility index (Phi) is 12.9. The van der Waals surface area contributed by atoms with Gasteiger partial charge in [-0.15, -0.1) is 0 Å². The van der Waals surface area contributed by atoms with E-state index in [0.717, 1.165) is 36.8 Å². The third-order valence-corrected chi connectivity index (χ3v) is 7.42. The van der Waals surface area contributed by atoms with Crippen LogP contribution in [0.1, 0.15) is 89.3 Å². The van der Waals surface area contributed by atoms with Crippen LogP contribution in [0.4, 0.5) is 9.59 Å². The van der Waals surface area contributed by atoms with Crippen molar-refractivity contribution in [1.29, 1.82) is 5.41 Å². The van der Waals surface area contributed by atoms with Crippen molar-refractivity contribution in [2.45, 2.75) is 96.9 Å². The Balaban J connectivity index is 1.51. The first kappa shape index (κ1) is 35.1. The lowest BCUT2D eigenvalue weighted by molar-refractivity contribution is -0.131. The normalized spacial score (nSPS) is 16.8. The van der Waals surface area contributed by atoms with Crippen molar-refractivity contribution >= 4 is 29.8 Å². The number of nitrogens with one attached hydrogen (secondary N) is 4. The van der Waals surface area contributed by atoms with E-state index in [0.29, 0.717) is 25.1 Å². The Hall–Kier alpha value is -4.41. The fourth-order valence-electron chi connectivity index (χ4n) is 4.98. The molecule has 244 valence electrons. The van der Waals surface area contributed by atoms with Gasteiger partial charge in [-0.3, -0.25) is 25.2 Å². The average molecular weight is 622 g/mol. The molecule has 45 heavy (non-hydrogen) atoms. The lowest BCUT2D eigenvalue weighted by atomic mass is 9.96. The van der Waals surface area contributed by atoms with Gasteiger partial charge in [-0.25, -0.2) is 9.59 Å². The summed E-state index contributed by atoms with van der Waals surface area (Å²) < 4.78 is 10.7. The van der Waals surface area contributed by atoms with E-state index in [1.54, 1.807) is 52.0 Å². The zero-order valence-electron chi connectivity index (χ0n) is 27.0. The van der Waals surface area contributed by atoms with E-state index in [4.69, 9.17) is 14.9 Å². The molecule has 0 spiro atoms. The van der Waals surface area contributed by atoms with Crippen LogP contribution in [0.15, 0.2) is 54.6 Å². The molecule has 11 nitrogen and oxygen atoms in total. The van der Waals surface area contributed by atoms with Crippen LogP contribution in [0.2, 0.25) is 0 Å². The van der Waals surface area contributed by atoms with E-state index in [1.807, 2.05) is 30.3 Å². The molecule has 1 aliphatic rings. The summed E-state index contributed by atoms with van der Waals surface area (Å²) in [6, 6.07) is 14.9. The van der Waals surface area contributed by atoms with Crippen molar-refractivity contribution in [2.24, 2.45) is 0 Å². The summed E-state index contributed by atoms with van der Waals surface area (Å²) in [5.41, 5.74) is 1.58. The quantitative estimate of drug-likeness (QED) is 0.145. The number of hydrogen-bond donors (Lipinski definition) is 4. The maximum absolute atomic E-state index is 13.4. The first-order chi connectivity index (χ1) is 21.4. The number of rotatable bonds is 12. The molecule has 2 aromatic carbocycles. The Morgan fingerprint density at radius 1 is 1.00 bits per heavy atom. The summed E-state index contributed by atoms with van der Waals surface area (Å²) in [5, 5.41) is 16.1. The highest BCUT2D eigenvalue weighted by Crippen LogP contribution is 2.33. The minimum atomic E-state index is -0.849. The van der Waals surface area contributed by atoms with Crippen LogP contribution >= 0.6 is 0 Å². The van der Waals surface area contributed by atoms with E-state index < -0.39 is 35.8 Å². The number of ether oxygens (including phenoxy) is 2. The van der Waals surface area contributed by atoms with Crippen molar-refractivity contribution in [3.8, 4) is 0 Å². The van der Waals surface area contributed by atoms with Gasteiger partial charge in [-0.05, 0) is 51.7 Å². The Bertz CT molecular complexity index is 1310. The predicted octanol–water partition coefficient (Wildman–Crippen LogP) is 5.23. The summed E-state index contributed by atoms with van der Waals surface area (Å²) in [6.45, 7) is 9.87. The van der Waals surface area contributed by atoms with Crippen molar-refractivity contribution in [1.82, 2.24) is 20.9 Å². The Labute approximate surface area is 265 Å². The highest BCUT2D eigenvalue weighted by molar-refractivity contribution is 6.04. The maximum atomic E-state index is 13.4. The van der Waals surface area contributed by atoms with Gasteiger partial charge in [0.15, 0.2) is 0 Å². The van der Waals surface area contributed by atoms with Gasteiger partial charge in [0.25, 0.3) is 0 Å². The molecule has 1 aliphatic heterocycles. The minimum Gasteiger partial charge on any atom is -0.449 e. The van der Waals surface area contributed by atoms with Crippen LogP contribution in [0.3, 0.4) is 0 Å². The molecular formula is C34H47N5O6. The third kappa shape index (κ3) is 11.2. The number of hydrogen-bond acceptors (Lipinski definition) is 7. The summed E-state index contributed by atoms with van der Waals surface area (Å²) in [7, 11) is 0. The van der Waals surface area contributed by atoms with Gasteiger partial charge in [0, 0.05) is 24.6 Å². The fourth-order valence-corrected chi connectivity index (χ4v) is 4.98. The number of nitrogens with zero attached hydrogens (tertiary/aromatic N) is 1. The van der Waals surface area contributed by atoms with E-state index >= 15 is 0 Å². The third-order valence-electron chi connectivity index (χ3n) is 7.42. The number of unbranched alkanes of at least 4 members (excludes halogenated alkanes) is 3. The first-order valence-electron chi connectivity index (χ1n) is 15.6. The Morgan fingerprint density at radius 2 is 1.69 bits per heavy atom. The number of benzene rings is 2. The summed E-state index contributed by atoms with van der Waals surface area (Å²) in [6.07, 6.45) is 3.15. The number of amidine groups is 1. The van der Waals surface area contributed by atoms with Gasteiger partial charge < -0.3 is 20.1 Å². The maximum Gasteiger partial charge on any atom is 0.412 e. The van der Waals surface area contributed by atoms with Crippen molar-refractivity contribution in [2.75, 3.05) is 13.2 Å². The number of amides is 4. The van der Waals surface area contributed by atoms with Crippen LogP contribution in [0.25, 0.3) is 0 Å². The molecule has 0 saturated carbocycles.